The third-order valence-electron chi connectivity index (χ3n) is 2.85. The fraction of sp³-hybridized carbons (Fsp3) is 0.357. The summed E-state index contributed by atoms with van der Waals surface area (Å²) in [6, 6.07) is 5.77. The van der Waals surface area contributed by atoms with Crippen LogP contribution in [0.1, 0.15) is 22.3 Å². The van der Waals surface area contributed by atoms with Crippen molar-refractivity contribution in [3.63, 3.8) is 0 Å². The highest BCUT2D eigenvalue weighted by molar-refractivity contribution is 6.07. The second-order valence-electron chi connectivity index (χ2n) is 4.39. The quantitative estimate of drug-likeness (QED) is 0.644. The second-order valence-corrected chi connectivity index (χ2v) is 4.39. The molecule has 3 nitrogen and oxygen atoms in total. The van der Waals surface area contributed by atoms with Gasteiger partial charge in [0.15, 0.2) is 5.78 Å². The van der Waals surface area contributed by atoms with Gasteiger partial charge in [0, 0.05) is 29.1 Å². The minimum atomic E-state index is -2.49. The van der Waals surface area contributed by atoms with Crippen LogP contribution in [-0.4, -0.2) is 30.4 Å². The molecule has 1 heterocycles. The maximum Gasteiger partial charge on any atom is 0.261 e. The first-order valence-electron chi connectivity index (χ1n) is 6.05. The highest BCUT2D eigenvalue weighted by Crippen LogP contribution is 2.20. The predicted molar refractivity (Wildman–Crippen MR) is 68.8 cm³/mol. The summed E-state index contributed by atoms with van der Waals surface area (Å²) in [5, 5.41) is 0.851. The van der Waals surface area contributed by atoms with Gasteiger partial charge in [-0.2, -0.15) is 0 Å². The zero-order valence-electron chi connectivity index (χ0n) is 10.6. The number of rotatable bonds is 6. The second kappa shape index (κ2) is 5.93. The minimum Gasteiger partial charge on any atom is -0.375 e. The van der Waals surface area contributed by atoms with Crippen LogP contribution in [0.15, 0.2) is 24.4 Å². The maximum atomic E-state index is 12.0. The number of benzene rings is 1. The van der Waals surface area contributed by atoms with Gasteiger partial charge in [-0.1, -0.05) is 12.1 Å². The Labute approximate surface area is 109 Å². The Morgan fingerprint density at radius 2 is 2.21 bits per heavy atom. The van der Waals surface area contributed by atoms with Crippen molar-refractivity contribution in [1.29, 1.82) is 0 Å². The first-order chi connectivity index (χ1) is 9.08. The standard InChI is InChI=1S/C14H15F2NO2/c1-9-2-3-10-11(7-17-12(10)6-9)13(18)4-5-19-8-14(15)16/h2-3,6-7,14,17H,4-5,8H2,1H3. The van der Waals surface area contributed by atoms with Crippen LogP contribution in [0.25, 0.3) is 10.9 Å². The Morgan fingerprint density at radius 1 is 1.42 bits per heavy atom. The number of hydrogen-bond donors (Lipinski definition) is 1. The van der Waals surface area contributed by atoms with Gasteiger partial charge in [-0.25, -0.2) is 8.78 Å². The average molecular weight is 267 g/mol. The van der Waals surface area contributed by atoms with E-state index in [0.717, 1.165) is 16.5 Å². The lowest BCUT2D eigenvalue weighted by molar-refractivity contribution is 0.0170. The lowest BCUT2D eigenvalue weighted by Crippen LogP contribution is -2.09. The molecule has 0 fully saturated rings. The maximum absolute atomic E-state index is 12.0. The highest BCUT2D eigenvalue weighted by atomic mass is 19.3. The summed E-state index contributed by atoms with van der Waals surface area (Å²) in [5.41, 5.74) is 2.58. The summed E-state index contributed by atoms with van der Waals surface area (Å²) in [7, 11) is 0. The van der Waals surface area contributed by atoms with Crippen molar-refractivity contribution < 1.29 is 18.3 Å². The van der Waals surface area contributed by atoms with E-state index in [1.165, 1.54) is 0 Å². The molecule has 0 atom stereocenters. The molecule has 19 heavy (non-hydrogen) atoms. The first kappa shape index (κ1) is 13.7. The molecular weight excluding hydrogens is 252 g/mol. The summed E-state index contributed by atoms with van der Waals surface area (Å²) < 4.78 is 28.4. The molecule has 1 aromatic carbocycles. The average Bonchev–Trinajstić information content (AvgIpc) is 2.77. The van der Waals surface area contributed by atoms with Crippen LogP contribution in [0.3, 0.4) is 0 Å². The Morgan fingerprint density at radius 3 is 2.95 bits per heavy atom. The van der Waals surface area contributed by atoms with Gasteiger partial charge in [0.05, 0.1) is 6.61 Å². The van der Waals surface area contributed by atoms with Crippen molar-refractivity contribution >= 4 is 16.7 Å². The van der Waals surface area contributed by atoms with E-state index in [1.807, 2.05) is 25.1 Å². The van der Waals surface area contributed by atoms with Gasteiger partial charge >= 0.3 is 0 Å². The Hall–Kier alpha value is -1.75. The third-order valence-corrected chi connectivity index (χ3v) is 2.85. The predicted octanol–water partition coefficient (Wildman–Crippen LogP) is 3.33. The summed E-state index contributed by atoms with van der Waals surface area (Å²) >= 11 is 0. The number of aromatic nitrogens is 1. The number of carbonyl (C=O) groups excluding carboxylic acids is 1. The molecule has 0 aliphatic rings. The van der Waals surface area contributed by atoms with Crippen molar-refractivity contribution in [2.24, 2.45) is 0 Å². The molecular formula is C14H15F2NO2. The summed E-state index contributed by atoms with van der Waals surface area (Å²) in [4.78, 5) is 15.0. The molecule has 2 rings (SSSR count). The molecule has 0 radical (unpaired) electrons. The minimum absolute atomic E-state index is 0.0156. The van der Waals surface area contributed by atoms with Gasteiger partial charge in [-0.15, -0.1) is 0 Å². The molecule has 5 heteroatoms. The zero-order valence-corrected chi connectivity index (χ0v) is 10.6. The van der Waals surface area contributed by atoms with Crippen LogP contribution in [-0.2, 0) is 4.74 Å². The molecule has 0 amide bonds. The summed E-state index contributed by atoms with van der Waals surface area (Å²) in [5.74, 6) is -0.107. The van der Waals surface area contributed by atoms with Crippen LogP contribution >= 0.6 is 0 Å². The van der Waals surface area contributed by atoms with Gasteiger partial charge < -0.3 is 9.72 Å². The van der Waals surface area contributed by atoms with Crippen molar-refractivity contribution in [3.05, 3.63) is 35.5 Å². The molecule has 0 saturated heterocycles. The molecule has 0 aliphatic carbocycles. The number of aryl methyl sites for hydroxylation is 1. The van der Waals surface area contributed by atoms with E-state index >= 15 is 0 Å². The number of Topliss-reactive ketones (excluding diaryl/α,β-unsaturated/α-hetero) is 1. The number of halogens is 2. The third kappa shape index (κ3) is 3.38. The summed E-state index contributed by atoms with van der Waals surface area (Å²) in [6.45, 7) is 1.36. The van der Waals surface area contributed by atoms with Gasteiger partial charge in [-0.05, 0) is 18.6 Å². The Bertz CT molecular complexity index is 578. The molecule has 2 aromatic rings. The summed E-state index contributed by atoms with van der Waals surface area (Å²) in [6.07, 6.45) is -0.737. The Balaban J connectivity index is 2.01. The van der Waals surface area contributed by atoms with Crippen molar-refractivity contribution in [1.82, 2.24) is 4.98 Å². The SMILES string of the molecule is Cc1ccc2c(C(=O)CCOCC(F)F)c[nH]c2c1. The highest BCUT2D eigenvalue weighted by Gasteiger charge is 2.12. The number of fused-ring (bicyclic) bond motifs is 1. The van der Waals surface area contributed by atoms with E-state index in [1.54, 1.807) is 6.20 Å². The smallest absolute Gasteiger partial charge is 0.261 e. The lowest BCUT2D eigenvalue weighted by Gasteiger charge is -2.02. The molecule has 1 N–H and O–H groups in total. The van der Waals surface area contributed by atoms with E-state index < -0.39 is 13.0 Å². The van der Waals surface area contributed by atoms with Gasteiger partial charge in [-0.3, -0.25) is 4.79 Å². The van der Waals surface area contributed by atoms with Crippen LogP contribution < -0.4 is 0 Å². The normalized spacial score (nSPS) is 11.4. The number of alkyl halides is 2. The van der Waals surface area contributed by atoms with Crippen LogP contribution in [0.5, 0.6) is 0 Å². The molecule has 1 aromatic heterocycles. The van der Waals surface area contributed by atoms with Crippen molar-refractivity contribution in [2.45, 2.75) is 19.8 Å². The van der Waals surface area contributed by atoms with E-state index in [4.69, 9.17) is 4.74 Å². The van der Waals surface area contributed by atoms with E-state index in [9.17, 15) is 13.6 Å². The van der Waals surface area contributed by atoms with E-state index in [0.29, 0.717) is 5.56 Å². The number of ketones is 1. The topological polar surface area (TPSA) is 42.1 Å². The molecule has 0 spiro atoms. The molecule has 0 unspecified atom stereocenters. The Kier molecular flexibility index (Phi) is 4.27. The number of hydrogen-bond acceptors (Lipinski definition) is 2. The fourth-order valence-electron chi connectivity index (χ4n) is 1.94. The lowest BCUT2D eigenvalue weighted by atomic mass is 10.1. The number of nitrogens with one attached hydrogen (secondary N) is 1. The number of ether oxygens (including phenoxy) is 1. The molecule has 0 aliphatic heterocycles. The molecule has 0 bridgehead atoms. The molecule has 0 saturated carbocycles. The largest absolute Gasteiger partial charge is 0.375 e. The fourth-order valence-corrected chi connectivity index (χ4v) is 1.94. The number of aromatic amines is 1. The monoisotopic (exact) mass is 267 g/mol. The zero-order chi connectivity index (χ0) is 13.8. The van der Waals surface area contributed by atoms with E-state index in [-0.39, 0.29) is 18.8 Å². The van der Waals surface area contributed by atoms with Crippen LogP contribution in [0.4, 0.5) is 8.78 Å². The van der Waals surface area contributed by atoms with Crippen LogP contribution in [0.2, 0.25) is 0 Å². The van der Waals surface area contributed by atoms with Gasteiger partial charge in [0.2, 0.25) is 0 Å². The van der Waals surface area contributed by atoms with Crippen molar-refractivity contribution in [3.8, 4) is 0 Å². The number of H-pyrrole nitrogens is 1. The van der Waals surface area contributed by atoms with Gasteiger partial charge in [0.25, 0.3) is 6.43 Å². The van der Waals surface area contributed by atoms with E-state index in [2.05, 4.69) is 4.98 Å². The molecule has 102 valence electrons. The van der Waals surface area contributed by atoms with Gasteiger partial charge in [0.1, 0.15) is 6.61 Å². The van der Waals surface area contributed by atoms with Crippen LogP contribution in [0, 0.1) is 6.92 Å². The first-order valence-corrected chi connectivity index (χ1v) is 6.05. The number of carbonyl (C=O) groups is 1. The van der Waals surface area contributed by atoms with Crippen molar-refractivity contribution in [2.75, 3.05) is 13.2 Å².